The van der Waals surface area contributed by atoms with E-state index in [4.69, 9.17) is 4.74 Å². The van der Waals surface area contributed by atoms with Gasteiger partial charge in [-0.15, -0.1) is 0 Å². The van der Waals surface area contributed by atoms with Gasteiger partial charge in [-0.05, 0) is 24.3 Å². The van der Waals surface area contributed by atoms with Crippen molar-refractivity contribution >= 4 is 10.2 Å². The summed E-state index contributed by atoms with van der Waals surface area (Å²) < 4.78 is 69.5. The number of nitrogens with one attached hydrogen (secondary N) is 1. The summed E-state index contributed by atoms with van der Waals surface area (Å²) in [6.07, 6.45) is -4.39. The minimum Gasteiger partial charge on any atom is -0.492 e. The number of benzene rings is 1. The summed E-state index contributed by atoms with van der Waals surface area (Å²) in [5, 5.41) is 0. The maximum Gasteiger partial charge on any atom is 0.416 e. The molecule has 0 aromatic heterocycles. The smallest absolute Gasteiger partial charge is 0.416 e. The number of hydrogen-bond acceptors (Lipinski definition) is 3. The first kappa shape index (κ1) is 18.7. The van der Waals surface area contributed by atoms with Gasteiger partial charge in [0.05, 0.1) is 5.56 Å². The second-order valence-corrected chi connectivity index (χ2v) is 6.11. The Morgan fingerprint density at radius 1 is 1.14 bits per heavy atom. The lowest BCUT2D eigenvalue weighted by Crippen LogP contribution is -2.41. The second kappa shape index (κ2) is 7.80. The Balaban J connectivity index is 2.45. The van der Waals surface area contributed by atoms with Crippen LogP contribution in [0.4, 0.5) is 13.2 Å². The predicted octanol–water partition coefficient (Wildman–Crippen LogP) is 2.26. The predicted molar refractivity (Wildman–Crippen MR) is 76.8 cm³/mol. The van der Waals surface area contributed by atoms with Crippen LogP contribution in [0.25, 0.3) is 0 Å². The molecule has 0 fully saturated rings. The fourth-order valence-corrected chi connectivity index (χ4v) is 2.94. The van der Waals surface area contributed by atoms with Crippen LogP contribution < -0.4 is 9.46 Å². The van der Waals surface area contributed by atoms with Crippen molar-refractivity contribution in [2.75, 3.05) is 26.2 Å². The van der Waals surface area contributed by atoms with Gasteiger partial charge >= 0.3 is 6.18 Å². The Kier molecular flexibility index (Phi) is 6.64. The molecule has 0 amide bonds. The number of nitrogens with zero attached hydrogens (tertiary/aromatic N) is 1. The minimum absolute atomic E-state index is 0.0197. The summed E-state index contributed by atoms with van der Waals surface area (Å²) in [6, 6.07) is 4.22. The van der Waals surface area contributed by atoms with Crippen molar-refractivity contribution in [2.45, 2.75) is 20.0 Å². The SMILES string of the molecule is CCN(CC)S(=O)(=O)NCCOc1ccc(C(F)(F)F)cc1. The van der Waals surface area contributed by atoms with Gasteiger partial charge in [-0.1, -0.05) is 13.8 Å². The lowest BCUT2D eigenvalue weighted by Gasteiger charge is -2.18. The summed E-state index contributed by atoms with van der Waals surface area (Å²) >= 11 is 0. The number of halogens is 3. The molecule has 0 radical (unpaired) electrons. The molecule has 126 valence electrons. The molecule has 1 aromatic carbocycles. The summed E-state index contributed by atoms with van der Waals surface area (Å²) in [5.41, 5.74) is -0.762. The molecule has 22 heavy (non-hydrogen) atoms. The van der Waals surface area contributed by atoms with Gasteiger partial charge in [-0.25, -0.2) is 0 Å². The molecule has 1 aromatic rings. The maximum absolute atomic E-state index is 12.4. The summed E-state index contributed by atoms with van der Waals surface area (Å²) in [6.45, 7) is 4.20. The van der Waals surface area contributed by atoms with Crippen LogP contribution in [-0.4, -0.2) is 39.0 Å². The highest BCUT2D eigenvalue weighted by Gasteiger charge is 2.30. The molecule has 5 nitrogen and oxygen atoms in total. The topological polar surface area (TPSA) is 58.6 Å². The third-order valence-corrected chi connectivity index (χ3v) is 4.65. The van der Waals surface area contributed by atoms with Crippen LogP contribution in [0.2, 0.25) is 0 Å². The fraction of sp³-hybridized carbons (Fsp3) is 0.538. The number of rotatable bonds is 8. The van der Waals surface area contributed by atoms with Gasteiger partial charge in [0.2, 0.25) is 0 Å². The largest absolute Gasteiger partial charge is 0.492 e. The average molecular weight is 340 g/mol. The molecule has 1 N–H and O–H groups in total. The molecule has 0 spiro atoms. The van der Waals surface area contributed by atoms with E-state index in [9.17, 15) is 21.6 Å². The van der Waals surface area contributed by atoms with Crippen LogP contribution >= 0.6 is 0 Å². The van der Waals surface area contributed by atoms with Crippen molar-refractivity contribution in [3.63, 3.8) is 0 Å². The van der Waals surface area contributed by atoms with Crippen molar-refractivity contribution in [1.82, 2.24) is 9.03 Å². The van der Waals surface area contributed by atoms with Crippen molar-refractivity contribution in [3.8, 4) is 5.75 Å². The van der Waals surface area contributed by atoms with Gasteiger partial charge in [0.25, 0.3) is 10.2 Å². The molecule has 0 aliphatic rings. The second-order valence-electron chi connectivity index (χ2n) is 4.35. The van der Waals surface area contributed by atoms with Crippen molar-refractivity contribution in [3.05, 3.63) is 29.8 Å². The quantitative estimate of drug-likeness (QED) is 0.739. The van der Waals surface area contributed by atoms with Gasteiger partial charge in [0.15, 0.2) is 0 Å². The first-order valence-electron chi connectivity index (χ1n) is 6.75. The third-order valence-electron chi connectivity index (χ3n) is 2.88. The highest BCUT2D eigenvalue weighted by molar-refractivity contribution is 7.87. The summed E-state index contributed by atoms with van der Waals surface area (Å²) in [4.78, 5) is 0. The molecule has 1 rings (SSSR count). The monoisotopic (exact) mass is 340 g/mol. The molecule has 0 saturated carbocycles. The molecule has 0 aliphatic carbocycles. The lowest BCUT2D eigenvalue weighted by atomic mass is 10.2. The van der Waals surface area contributed by atoms with Crippen molar-refractivity contribution in [1.29, 1.82) is 0 Å². The summed E-state index contributed by atoms with van der Waals surface area (Å²) in [5.74, 6) is 0.245. The van der Waals surface area contributed by atoms with E-state index in [0.717, 1.165) is 12.1 Å². The molecule has 0 saturated heterocycles. The molecule has 9 heteroatoms. The molecule has 0 unspecified atom stereocenters. The third kappa shape index (κ3) is 5.47. The van der Waals surface area contributed by atoms with Crippen molar-refractivity contribution < 1.29 is 26.3 Å². The standard InChI is InChI=1S/C13H19F3N2O3S/c1-3-18(4-2)22(19,20)17-9-10-21-12-7-5-11(6-8-12)13(14,15)16/h5-8,17H,3-4,9-10H2,1-2H3. The Morgan fingerprint density at radius 2 is 1.68 bits per heavy atom. The van der Waals surface area contributed by atoms with E-state index >= 15 is 0 Å². The van der Waals surface area contributed by atoms with Gasteiger partial charge < -0.3 is 4.74 Å². The maximum atomic E-state index is 12.4. The first-order chi connectivity index (χ1) is 10.2. The van der Waals surface area contributed by atoms with Gasteiger partial charge in [-0.3, -0.25) is 0 Å². The van der Waals surface area contributed by atoms with Crippen LogP contribution in [0.1, 0.15) is 19.4 Å². The summed E-state index contributed by atoms with van der Waals surface area (Å²) in [7, 11) is -3.55. The van der Waals surface area contributed by atoms with E-state index in [2.05, 4.69) is 4.72 Å². The highest BCUT2D eigenvalue weighted by Crippen LogP contribution is 2.30. The Labute approximate surface area is 128 Å². The van der Waals surface area contributed by atoms with E-state index in [-0.39, 0.29) is 18.9 Å². The van der Waals surface area contributed by atoms with E-state index in [0.29, 0.717) is 13.1 Å². The molecule has 0 bridgehead atoms. The number of hydrogen-bond donors (Lipinski definition) is 1. The van der Waals surface area contributed by atoms with Gasteiger partial charge in [0, 0.05) is 19.6 Å². The van der Waals surface area contributed by atoms with Crippen LogP contribution in [0.3, 0.4) is 0 Å². The highest BCUT2D eigenvalue weighted by atomic mass is 32.2. The van der Waals surface area contributed by atoms with Crippen LogP contribution in [0, 0.1) is 0 Å². The normalized spacial score (nSPS) is 12.6. The zero-order valence-electron chi connectivity index (χ0n) is 12.4. The Hall–Kier alpha value is -1.32. The zero-order valence-corrected chi connectivity index (χ0v) is 13.2. The van der Waals surface area contributed by atoms with Gasteiger partial charge in [0.1, 0.15) is 12.4 Å². The zero-order chi connectivity index (χ0) is 16.8. The number of ether oxygens (including phenoxy) is 1. The van der Waals surface area contributed by atoms with Gasteiger partial charge in [-0.2, -0.15) is 30.6 Å². The van der Waals surface area contributed by atoms with Crippen LogP contribution in [0.5, 0.6) is 5.75 Å². The molecular formula is C13H19F3N2O3S. The van der Waals surface area contributed by atoms with E-state index in [1.807, 2.05) is 0 Å². The Bertz CT molecular complexity index is 555. The molecular weight excluding hydrogens is 321 g/mol. The number of alkyl halides is 3. The molecule has 0 aliphatic heterocycles. The van der Waals surface area contributed by atoms with E-state index < -0.39 is 21.9 Å². The minimum atomic E-state index is -4.39. The lowest BCUT2D eigenvalue weighted by molar-refractivity contribution is -0.137. The molecule has 0 heterocycles. The van der Waals surface area contributed by atoms with E-state index in [1.165, 1.54) is 16.4 Å². The Morgan fingerprint density at radius 3 is 2.14 bits per heavy atom. The first-order valence-corrected chi connectivity index (χ1v) is 8.19. The average Bonchev–Trinajstić information content (AvgIpc) is 2.44. The fourth-order valence-electron chi connectivity index (χ4n) is 1.73. The molecule has 0 atom stereocenters. The van der Waals surface area contributed by atoms with E-state index in [1.54, 1.807) is 13.8 Å². The van der Waals surface area contributed by atoms with Crippen LogP contribution in [0.15, 0.2) is 24.3 Å². The van der Waals surface area contributed by atoms with Crippen LogP contribution in [-0.2, 0) is 16.4 Å². The van der Waals surface area contributed by atoms with Crippen molar-refractivity contribution in [2.24, 2.45) is 0 Å².